The quantitative estimate of drug-likeness (QED) is 0.735. The highest BCUT2D eigenvalue weighted by Gasteiger charge is 2.09. The van der Waals surface area contributed by atoms with Crippen LogP contribution in [0.3, 0.4) is 0 Å². The van der Waals surface area contributed by atoms with Crippen LogP contribution in [-0.2, 0) is 6.54 Å². The maximum atomic E-state index is 12.5. The Labute approximate surface area is 153 Å². The molecule has 0 unspecified atom stereocenters. The van der Waals surface area contributed by atoms with Gasteiger partial charge in [0.25, 0.3) is 5.91 Å². The van der Waals surface area contributed by atoms with Crippen molar-refractivity contribution in [3.8, 4) is 11.8 Å². The number of nitrogens with one attached hydrogen (secondary N) is 1. The minimum absolute atomic E-state index is 0.175. The predicted octanol–water partition coefficient (Wildman–Crippen LogP) is 3.65. The summed E-state index contributed by atoms with van der Waals surface area (Å²) in [6, 6.07) is 9.27. The second-order valence-electron chi connectivity index (χ2n) is 5.97. The Morgan fingerprint density at radius 2 is 2.12 bits per heavy atom. The van der Waals surface area contributed by atoms with Gasteiger partial charge in [0.15, 0.2) is 0 Å². The van der Waals surface area contributed by atoms with E-state index in [1.165, 1.54) is 0 Å². The summed E-state index contributed by atoms with van der Waals surface area (Å²) in [7, 11) is 0. The van der Waals surface area contributed by atoms with Crippen LogP contribution in [0.25, 0.3) is 0 Å². The van der Waals surface area contributed by atoms with Gasteiger partial charge in [-0.1, -0.05) is 24.8 Å². The van der Waals surface area contributed by atoms with Gasteiger partial charge in [0.1, 0.15) is 0 Å². The van der Waals surface area contributed by atoms with Crippen LogP contribution in [0.2, 0.25) is 0 Å². The molecule has 130 valence electrons. The van der Waals surface area contributed by atoms with E-state index in [9.17, 15) is 4.79 Å². The molecule has 0 fully saturated rings. The molecule has 5 heteroatoms. The molecule has 1 N–H and O–H groups in total. The molecule has 1 aromatic carbocycles. The zero-order valence-electron chi connectivity index (χ0n) is 14.9. The number of anilines is 1. The van der Waals surface area contributed by atoms with Gasteiger partial charge in [0.2, 0.25) is 0 Å². The second-order valence-corrected chi connectivity index (χ2v) is 5.97. The summed E-state index contributed by atoms with van der Waals surface area (Å²) in [6.07, 6.45) is 7.91. The summed E-state index contributed by atoms with van der Waals surface area (Å²) >= 11 is 0. The first kappa shape index (κ1) is 17.4. The molecular formula is C21H20N4O. The molecule has 0 saturated heterocycles. The Morgan fingerprint density at radius 1 is 1.23 bits per heavy atom. The third kappa shape index (κ3) is 4.37. The van der Waals surface area contributed by atoms with Crippen molar-refractivity contribution < 1.29 is 4.79 Å². The Bertz CT molecular complexity index is 964. The van der Waals surface area contributed by atoms with Crippen LogP contribution in [0.4, 0.5) is 5.69 Å². The number of carbonyl (C=O) groups is 1. The molecule has 0 atom stereocenters. The molecule has 26 heavy (non-hydrogen) atoms. The van der Waals surface area contributed by atoms with Crippen LogP contribution < -0.4 is 5.32 Å². The Balaban J connectivity index is 1.78. The molecular weight excluding hydrogens is 324 g/mol. The molecule has 0 spiro atoms. The van der Waals surface area contributed by atoms with Crippen LogP contribution in [0.1, 0.15) is 40.4 Å². The van der Waals surface area contributed by atoms with Crippen molar-refractivity contribution in [2.45, 2.75) is 26.8 Å². The van der Waals surface area contributed by atoms with E-state index in [1.54, 1.807) is 24.7 Å². The van der Waals surface area contributed by atoms with Gasteiger partial charge in [-0.3, -0.25) is 14.5 Å². The van der Waals surface area contributed by atoms with E-state index in [2.05, 4.69) is 34.2 Å². The van der Waals surface area contributed by atoms with Crippen LogP contribution in [0.15, 0.2) is 55.1 Å². The Hall–Kier alpha value is -3.39. The maximum absolute atomic E-state index is 12.5. The summed E-state index contributed by atoms with van der Waals surface area (Å²) in [5.41, 5.74) is 3.93. The summed E-state index contributed by atoms with van der Waals surface area (Å²) in [5.74, 6) is 6.02. The average molecular weight is 344 g/mol. The van der Waals surface area contributed by atoms with E-state index in [0.29, 0.717) is 11.3 Å². The number of amides is 1. The van der Waals surface area contributed by atoms with Gasteiger partial charge < -0.3 is 5.32 Å². The van der Waals surface area contributed by atoms with Crippen molar-refractivity contribution in [1.82, 2.24) is 14.8 Å². The lowest BCUT2D eigenvalue weighted by atomic mass is 10.0. The van der Waals surface area contributed by atoms with Crippen molar-refractivity contribution in [2.24, 2.45) is 0 Å². The minimum Gasteiger partial charge on any atom is -0.319 e. The monoisotopic (exact) mass is 344 g/mol. The largest absolute Gasteiger partial charge is 0.319 e. The number of aryl methyl sites for hydroxylation is 2. The smallest absolute Gasteiger partial charge is 0.255 e. The number of carbonyl (C=O) groups excluding carboxylic acids is 1. The van der Waals surface area contributed by atoms with Crippen molar-refractivity contribution in [2.75, 3.05) is 5.32 Å². The summed E-state index contributed by atoms with van der Waals surface area (Å²) in [4.78, 5) is 16.6. The van der Waals surface area contributed by atoms with Gasteiger partial charge in [-0.2, -0.15) is 5.10 Å². The molecule has 2 heterocycles. The van der Waals surface area contributed by atoms with Crippen molar-refractivity contribution >= 4 is 11.6 Å². The maximum Gasteiger partial charge on any atom is 0.255 e. The average Bonchev–Trinajstić information content (AvgIpc) is 3.09. The third-order valence-corrected chi connectivity index (χ3v) is 3.85. The number of nitrogens with zero attached hydrogens (tertiary/aromatic N) is 3. The molecule has 0 radical (unpaired) electrons. The lowest BCUT2D eigenvalue weighted by molar-refractivity contribution is 0.102. The summed E-state index contributed by atoms with van der Waals surface area (Å²) in [6.45, 7) is 4.89. The highest BCUT2D eigenvalue weighted by atomic mass is 16.1. The van der Waals surface area contributed by atoms with Gasteiger partial charge in [-0.05, 0) is 43.2 Å². The first-order valence-corrected chi connectivity index (χ1v) is 8.52. The molecule has 0 saturated carbocycles. The molecule has 3 rings (SSSR count). The van der Waals surface area contributed by atoms with E-state index in [0.717, 1.165) is 29.7 Å². The number of rotatable bonds is 4. The molecule has 5 nitrogen and oxygen atoms in total. The SMILES string of the molecule is CCCn1cc(NC(=O)c2ccc(C)c(C#Cc3cccnc3)c2)cn1. The van der Waals surface area contributed by atoms with Gasteiger partial charge in [0.05, 0.1) is 11.9 Å². The number of aromatic nitrogens is 3. The predicted molar refractivity (Wildman–Crippen MR) is 102 cm³/mol. The van der Waals surface area contributed by atoms with Crippen LogP contribution in [0, 0.1) is 18.8 Å². The molecule has 0 aliphatic rings. The van der Waals surface area contributed by atoms with Gasteiger partial charge >= 0.3 is 0 Å². The van der Waals surface area contributed by atoms with Gasteiger partial charge in [0, 0.05) is 41.8 Å². The van der Waals surface area contributed by atoms with E-state index in [-0.39, 0.29) is 5.91 Å². The van der Waals surface area contributed by atoms with Crippen molar-refractivity contribution in [1.29, 1.82) is 0 Å². The van der Waals surface area contributed by atoms with Gasteiger partial charge in [-0.25, -0.2) is 0 Å². The molecule has 0 aliphatic heterocycles. The topological polar surface area (TPSA) is 59.8 Å². The minimum atomic E-state index is -0.175. The van der Waals surface area contributed by atoms with Crippen molar-refractivity contribution in [3.05, 3.63) is 77.4 Å². The third-order valence-electron chi connectivity index (χ3n) is 3.85. The number of benzene rings is 1. The number of hydrogen-bond acceptors (Lipinski definition) is 3. The molecule has 0 aliphatic carbocycles. The Morgan fingerprint density at radius 3 is 2.88 bits per heavy atom. The first-order chi connectivity index (χ1) is 12.7. The second kappa shape index (κ2) is 8.13. The molecule has 3 aromatic rings. The number of hydrogen-bond donors (Lipinski definition) is 1. The molecule has 0 bridgehead atoms. The zero-order chi connectivity index (χ0) is 18.4. The molecule has 1 amide bonds. The fourth-order valence-corrected chi connectivity index (χ4v) is 2.46. The van der Waals surface area contributed by atoms with E-state index >= 15 is 0 Å². The van der Waals surface area contributed by atoms with E-state index in [4.69, 9.17) is 0 Å². The lowest BCUT2D eigenvalue weighted by Gasteiger charge is -2.05. The van der Waals surface area contributed by atoms with Crippen molar-refractivity contribution in [3.63, 3.8) is 0 Å². The highest BCUT2D eigenvalue weighted by Crippen LogP contribution is 2.13. The first-order valence-electron chi connectivity index (χ1n) is 8.52. The summed E-state index contributed by atoms with van der Waals surface area (Å²) in [5, 5.41) is 7.10. The van der Waals surface area contributed by atoms with Crippen LogP contribution in [0.5, 0.6) is 0 Å². The summed E-state index contributed by atoms with van der Waals surface area (Å²) < 4.78 is 1.82. The van der Waals surface area contributed by atoms with Gasteiger partial charge in [-0.15, -0.1) is 0 Å². The molecule has 2 aromatic heterocycles. The Kier molecular flexibility index (Phi) is 5.45. The standard InChI is InChI=1S/C21H20N4O/c1-3-11-25-15-20(14-23-25)24-21(26)19-8-6-16(2)18(12-19)9-7-17-5-4-10-22-13-17/h4-6,8,10,12-15H,3,11H2,1-2H3,(H,24,26). The lowest BCUT2D eigenvalue weighted by Crippen LogP contribution is -2.11. The fourth-order valence-electron chi connectivity index (χ4n) is 2.46. The van der Waals surface area contributed by atoms with E-state index < -0.39 is 0 Å². The van der Waals surface area contributed by atoms with E-state index in [1.807, 2.05) is 42.1 Å². The fraction of sp³-hybridized carbons (Fsp3) is 0.190. The van der Waals surface area contributed by atoms with Crippen LogP contribution in [-0.4, -0.2) is 20.7 Å². The van der Waals surface area contributed by atoms with Crippen LogP contribution >= 0.6 is 0 Å². The highest BCUT2D eigenvalue weighted by molar-refractivity contribution is 6.04. The number of pyridine rings is 1. The zero-order valence-corrected chi connectivity index (χ0v) is 14.9. The normalized spacial score (nSPS) is 10.1.